The number of phenols is 1. The second kappa shape index (κ2) is 7.10. The van der Waals surface area contributed by atoms with Gasteiger partial charge >= 0.3 is 5.97 Å². The van der Waals surface area contributed by atoms with E-state index in [1.165, 1.54) is 24.4 Å². The van der Waals surface area contributed by atoms with Gasteiger partial charge in [0, 0.05) is 0 Å². The molecule has 1 amide bonds. The molecule has 2 aromatic carbocycles. The second-order valence-electron chi connectivity index (χ2n) is 5.77. The Kier molecular flexibility index (Phi) is 4.70. The highest BCUT2D eigenvalue weighted by Crippen LogP contribution is 2.25. The number of anilines is 1. The van der Waals surface area contributed by atoms with E-state index in [0.29, 0.717) is 16.8 Å². The van der Waals surface area contributed by atoms with Crippen molar-refractivity contribution in [2.75, 3.05) is 5.32 Å². The summed E-state index contributed by atoms with van der Waals surface area (Å²) in [5, 5.41) is 25.7. The minimum absolute atomic E-state index is 0.138. The van der Waals surface area contributed by atoms with Crippen molar-refractivity contribution in [2.24, 2.45) is 0 Å². The number of aromatic hydroxyl groups is 1. The standard InChI is InChI=1S/C19H17N3O4/c1-12-15(11-20-22(12)14-5-3-2-4-6-14)19(26)21-16-9-13(10-18(24)25)7-8-17(16)23/h2-9,11,23H,10H2,1H3,(H,21,26)(H,24,25). The van der Waals surface area contributed by atoms with Gasteiger partial charge in [0.25, 0.3) is 5.91 Å². The number of carboxylic acid groups (broad SMARTS) is 1. The maximum Gasteiger partial charge on any atom is 0.307 e. The largest absolute Gasteiger partial charge is 0.506 e. The molecule has 0 spiro atoms. The van der Waals surface area contributed by atoms with Gasteiger partial charge in [0.1, 0.15) is 5.75 Å². The monoisotopic (exact) mass is 351 g/mol. The molecule has 0 saturated heterocycles. The van der Waals surface area contributed by atoms with Crippen LogP contribution in [0.5, 0.6) is 5.75 Å². The van der Waals surface area contributed by atoms with E-state index in [4.69, 9.17) is 5.11 Å². The Hall–Kier alpha value is -3.61. The Bertz CT molecular complexity index is 964. The molecule has 0 bridgehead atoms. The molecule has 3 aromatic rings. The molecule has 0 aliphatic heterocycles. The number of aliphatic carboxylic acids is 1. The van der Waals surface area contributed by atoms with Crippen LogP contribution in [0.4, 0.5) is 5.69 Å². The van der Waals surface area contributed by atoms with E-state index in [0.717, 1.165) is 5.69 Å². The van der Waals surface area contributed by atoms with Crippen LogP contribution in [-0.4, -0.2) is 31.9 Å². The lowest BCUT2D eigenvalue weighted by Gasteiger charge is -2.09. The molecule has 3 rings (SSSR count). The smallest absolute Gasteiger partial charge is 0.307 e. The van der Waals surface area contributed by atoms with Crippen LogP contribution in [0.3, 0.4) is 0 Å². The van der Waals surface area contributed by atoms with Crippen LogP contribution < -0.4 is 5.32 Å². The zero-order valence-corrected chi connectivity index (χ0v) is 14.0. The third-order valence-corrected chi connectivity index (χ3v) is 3.92. The van der Waals surface area contributed by atoms with Crippen molar-refractivity contribution >= 4 is 17.6 Å². The fourth-order valence-electron chi connectivity index (χ4n) is 2.62. The van der Waals surface area contributed by atoms with Gasteiger partial charge in [-0.2, -0.15) is 5.10 Å². The van der Waals surface area contributed by atoms with Gasteiger partial charge in [0.05, 0.1) is 35.2 Å². The zero-order valence-electron chi connectivity index (χ0n) is 14.0. The molecule has 1 heterocycles. The number of phenolic OH excluding ortho intramolecular Hbond substituents is 1. The normalized spacial score (nSPS) is 10.5. The summed E-state index contributed by atoms with van der Waals surface area (Å²) in [7, 11) is 0. The number of para-hydroxylation sites is 1. The topological polar surface area (TPSA) is 104 Å². The summed E-state index contributed by atoms with van der Waals surface area (Å²) in [6, 6.07) is 13.7. The van der Waals surface area contributed by atoms with E-state index in [1.807, 2.05) is 30.3 Å². The second-order valence-corrected chi connectivity index (χ2v) is 5.77. The predicted octanol–water partition coefficient (Wildman–Crippen LogP) is 2.77. The number of aromatic nitrogens is 2. The number of hydrogen-bond acceptors (Lipinski definition) is 4. The van der Waals surface area contributed by atoms with Gasteiger partial charge in [-0.05, 0) is 36.8 Å². The van der Waals surface area contributed by atoms with Crippen molar-refractivity contribution in [2.45, 2.75) is 13.3 Å². The maximum atomic E-state index is 12.6. The van der Waals surface area contributed by atoms with Gasteiger partial charge in [-0.1, -0.05) is 24.3 Å². The minimum Gasteiger partial charge on any atom is -0.506 e. The van der Waals surface area contributed by atoms with Gasteiger partial charge in [-0.25, -0.2) is 4.68 Å². The van der Waals surface area contributed by atoms with Crippen molar-refractivity contribution in [3.05, 3.63) is 71.5 Å². The molecule has 7 heteroatoms. The average molecular weight is 351 g/mol. The molecule has 0 aliphatic carbocycles. The number of carbonyl (C=O) groups is 2. The molecule has 132 valence electrons. The van der Waals surface area contributed by atoms with Gasteiger partial charge in [-0.3, -0.25) is 9.59 Å². The average Bonchev–Trinajstić information content (AvgIpc) is 3.00. The summed E-state index contributed by atoms with van der Waals surface area (Å²) >= 11 is 0. The van der Waals surface area contributed by atoms with E-state index < -0.39 is 11.9 Å². The highest BCUT2D eigenvalue weighted by molar-refractivity contribution is 6.05. The highest BCUT2D eigenvalue weighted by Gasteiger charge is 2.17. The number of hydrogen-bond donors (Lipinski definition) is 3. The van der Waals surface area contributed by atoms with E-state index in [-0.39, 0.29) is 17.9 Å². The molecule has 0 aliphatic rings. The lowest BCUT2D eigenvalue weighted by Crippen LogP contribution is -2.13. The van der Waals surface area contributed by atoms with Crippen LogP contribution in [0.25, 0.3) is 5.69 Å². The lowest BCUT2D eigenvalue weighted by molar-refractivity contribution is -0.136. The fourth-order valence-corrected chi connectivity index (χ4v) is 2.62. The van der Waals surface area contributed by atoms with E-state index in [2.05, 4.69) is 10.4 Å². The number of carbonyl (C=O) groups excluding carboxylic acids is 1. The molecule has 26 heavy (non-hydrogen) atoms. The van der Waals surface area contributed by atoms with Crippen LogP contribution in [0.15, 0.2) is 54.7 Å². The lowest BCUT2D eigenvalue weighted by atomic mass is 10.1. The highest BCUT2D eigenvalue weighted by atomic mass is 16.4. The van der Waals surface area contributed by atoms with Gasteiger partial charge < -0.3 is 15.5 Å². The Morgan fingerprint density at radius 2 is 1.88 bits per heavy atom. The Morgan fingerprint density at radius 1 is 1.15 bits per heavy atom. The summed E-state index contributed by atoms with van der Waals surface area (Å²) in [6.07, 6.45) is 1.25. The zero-order chi connectivity index (χ0) is 18.7. The van der Waals surface area contributed by atoms with Crippen LogP contribution in [-0.2, 0) is 11.2 Å². The van der Waals surface area contributed by atoms with Crippen molar-refractivity contribution in [1.82, 2.24) is 9.78 Å². The Labute approximate surface area is 149 Å². The first-order valence-corrected chi connectivity index (χ1v) is 7.91. The number of nitrogens with one attached hydrogen (secondary N) is 1. The quantitative estimate of drug-likeness (QED) is 0.613. The molecule has 0 unspecified atom stereocenters. The van der Waals surface area contributed by atoms with Crippen LogP contribution >= 0.6 is 0 Å². The Balaban J connectivity index is 1.85. The summed E-state index contributed by atoms with van der Waals surface area (Å²) < 4.78 is 1.65. The first kappa shape index (κ1) is 17.2. The van der Waals surface area contributed by atoms with Gasteiger partial charge in [0.15, 0.2) is 0 Å². The number of rotatable bonds is 5. The molecule has 0 fully saturated rings. The predicted molar refractivity (Wildman–Crippen MR) is 95.7 cm³/mol. The molecule has 3 N–H and O–H groups in total. The van der Waals surface area contributed by atoms with E-state index in [1.54, 1.807) is 11.6 Å². The molecule has 0 radical (unpaired) electrons. The van der Waals surface area contributed by atoms with Crippen molar-refractivity contribution < 1.29 is 19.8 Å². The molecule has 7 nitrogen and oxygen atoms in total. The Morgan fingerprint density at radius 3 is 2.58 bits per heavy atom. The van der Waals surface area contributed by atoms with E-state index in [9.17, 15) is 14.7 Å². The SMILES string of the molecule is Cc1c(C(=O)Nc2cc(CC(=O)O)ccc2O)cnn1-c1ccccc1. The van der Waals surface area contributed by atoms with Crippen LogP contribution in [0, 0.1) is 6.92 Å². The summed E-state index contributed by atoms with van der Waals surface area (Å²) in [6.45, 7) is 1.77. The van der Waals surface area contributed by atoms with Gasteiger partial charge in [0.2, 0.25) is 0 Å². The molecule has 1 aromatic heterocycles. The number of benzene rings is 2. The maximum absolute atomic E-state index is 12.6. The van der Waals surface area contributed by atoms with Crippen molar-refractivity contribution in [1.29, 1.82) is 0 Å². The van der Waals surface area contributed by atoms with Gasteiger partial charge in [-0.15, -0.1) is 0 Å². The first-order valence-electron chi connectivity index (χ1n) is 7.91. The third-order valence-electron chi connectivity index (χ3n) is 3.92. The van der Waals surface area contributed by atoms with Crippen LogP contribution in [0.2, 0.25) is 0 Å². The first-order chi connectivity index (χ1) is 12.5. The molecular weight excluding hydrogens is 334 g/mol. The third kappa shape index (κ3) is 3.56. The summed E-state index contributed by atoms with van der Waals surface area (Å²) in [4.78, 5) is 23.4. The fraction of sp³-hybridized carbons (Fsp3) is 0.105. The summed E-state index contributed by atoms with van der Waals surface area (Å²) in [5.41, 5.74) is 2.46. The molecule has 0 atom stereocenters. The molecular formula is C19H17N3O4. The number of nitrogens with zero attached hydrogens (tertiary/aromatic N) is 2. The molecule has 0 saturated carbocycles. The van der Waals surface area contributed by atoms with Crippen molar-refractivity contribution in [3.63, 3.8) is 0 Å². The van der Waals surface area contributed by atoms with Crippen molar-refractivity contribution in [3.8, 4) is 11.4 Å². The number of carboxylic acids is 1. The van der Waals surface area contributed by atoms with Crippen LogP contribution in [0.1, 0.15) is 21.6 Å². The number of amides is 1. The summed E-state index contributed by atoms with van der Waals surface area (Å²) in [5.74, 6) is -1.57. The minimum atomic E-state index is -0.993. The van der Waals surface area contributed by atoms with E-state index >= 15 is 0 Å².